The Bertz CT molecular complexity index is 918. The lowest BCUT2D eigenvalue weighted by Crippen LogP contribution is -2.36. The molecule has 30 heavy (non-hydrogen) atoms. The van der Waals surface area contributed by atoms with Gasteiger partial charge in [0, 0.05) is 53.9 Å². The number of rotatable bonds is 3. The van der Waals surface area contributed by atoms with Crippen molar-refractivity contribution in [2.75, 3.05) is 67.6 Å². The highest BCUT2D eigenvalue weighted by atomic mass is 32.2. The normalized spacial score (nSPS) is 19.0. The van der Waals surface area contributed by atoms with Gasteiger partial charge in [0.2, 0.25) is 0 Å². The molecular formula is C24H32N4OS. The molecule has 0 saturated carbocycles. The fourth-order valence-corrected chi connectivity index (χ4v) is 5.86. The van der Waals surface area contributed by atoms with Gasteiger partial charge in [0.15, 0.2) is 0 Å². The number of morpholine rings is 1. The van der Waals surface area contributed by atoms with Crippen LogP contribution in [0.25, 0.3) is 0 Å². The third-order valence-electron chi connectivity index (χ3n) is 6.38. The molecule has 0 amide bonds. The third-order valence-corrected chi connectivity index (χ3v) is 7.47. The van der Waals surface area contributed by atoms with Gasteiger partial charge >= 0.3 is 0 Å². The molecule has 0 spiro atoms. The lowest BCUT2D eigenvalue weighted by molar-refractivity contribution is 0.122. The van der Waals surface area contributed by atoms with Crippen molar-refractivity contribution in [2.45, 2.75) is 36.5 Å². The van der Waals surface area contributed by atoms with Crippen molar-refractivity contribution in [3.05, 3.63) is 35.4 Å². The van der Waals surface area contributed by atoms with Crippen LogP contribution < -0.4 is 20.4 Å². The standard InChI is InChI=1S/C24H32N4OS/c1-3-18-14-20(27-7-4-5-25-6-8-27)16-22-24(18)26-23-17(2)13-19(15-21(23)30-22)28-9-11-29-12-10-28/h13-16,25-26H,3-12H2,1-2H3. The molecule has 5 nitrogen and oxygen atoms in total. The van der Waals surface area contributed by atoms with E-state index in [1.165, 1.54) is 50.1 Å². The molecular weight excluding hydrogens is 392 g/mol. The Kier molecular flexibility index (Phi) is 5.81. The second kappa shape index (κ2) is 8.69. The largest absolute Gasteiger partial charge is 0.378 e. The van der Waals surface area contributed by atoms with E-state index in [1.807, 2.05) is 11.8 Å². The molecule has 0 bridgehead atoms. The van der Waals surface area contributed by atoms with Gasteiger partial charge in [-0.05, 0) is 61.7 Å². The summed E-state index contributed by atoms with van der Waals surface area (Å²) in [6.07, 6.45) is 2.24. The van der Waals surface area contributed by atoms with E-state index in [-0.39, 0.29) is 0 Å². The number of anilines is 4. The predicted octanol–water partition coefficient (Wildman–Crippen LogP) is 4.40. The number of nitrogens with one attached hydrogen (secondary N) is 2. The molecule has 160 valence electrons. The summed E-state index contributed by atoms with van der Waals surface area (Å²) in [4.78, 5) is 7.68. The molecule has 2 saturated heterocycles. The summed E-state index contributed by atoms with van der Waals surface area (Å²) in [5.74, 6) is 0. The maximum absolute atomic E-state index is 5.55. The number of fused-ring (bicyclic) bond motifs is 2. The van der Waals surface area contributed by atoms with Crippen LogP contribution in [0.1, 0.15) is 24.5 Å². The summed E-state index contributed by atoms with van der Waals surface area (Å²) in [5.41, 5.74) is 7.98. The summed E-state index contributed by atoms with van der Waals surface area (Å²) in [7, 11) is 0. The van der Waals surface area contributed by atoms with E-state index in [0.29, 0.717) is 0 Å². The number of nitrogens with zero attached hydrogens (tertiary/aromatic N) is 2. The average Bonchev–Trinajstić information content (AvgIpc) is 3.07. The highest BCUT2D eigenvalue weighted by Gasteiger charge is 2.24. The molecule has 0 unspecified atom stereocenters. The zero-order chi connectivity index (χ0) is 20.5. The topological polar surface area (TPSA) is 39.8 Å². The lowest BCUT2D eigenvalue weighted by Gasteiger charge is -2.32. The van der Waals surface area contributed by atoms with Crippen LogP contribution in [0.4, 0.5) is 22.7 Å². The molecule has 0 atom stereocenters. The van der Waals surface area contributed by atoms with Gasteiger partial charge < -0.3 is 25.2 Å². The van der Waals surface area contributed by atoms with Crippen molar-refractivity contribution >= 4 is 34.5 Å². The van der Waals surface area contributed by atoms with Crippen LogP contribution in [0.2, 0.25) is 0 Å². The van der Waals surface area contributed by atoms with Crippen LogP contribution in [-0.2, 0) is 11.2 Å². The number of ether oxygens (including phenoxy) is 1. The highest BCUT2D eigenvalue weighted by molar-refractivity contribution is 7.99. The fourth-order valence-electron chi connectivity index (χ4n) is 4.67. The summed E-state index contributed by atoms with van der Waals surface area (Å²) in [5, 5.41) is 7.33. The molecule has 2 N–H and O–H groups in total. The SMILES string of the molecule is CCc1cc(N2CCCNCC2)cc2c1Nc1c(C)cc(N3CCOCC3)cc1S2. The van der Waals surface area contributed by atoms with Crippen molar-refractivity contribution in [1.82, 2.24) is 5.32 Å². The summed E-state index contributed by atoms with van der Waals surface area (Å²) in [6, 6.07) is 9.49. The Morgan fingerprint density at radius 1 is 0.900 bits per heavy atom. The quantitative estimate of drug-likeness (QED) is 0.649. The molecule has 2 fully saturated rings. The van der Waals surface area contributed by atoms with Crippen molar-refractivity contribution in [3.63, 3.8) is 0 Å². The minimum Gasteiger partial charge on any atom is -0.378 e. The van der Waals surface area contributed by atoms with Gasteiger partial charge in [-0.15, -0.1) is 0 Å². The number of aryl methyl sites for hydroxylation is 2. The molecule has 2 aromatic rings. The van der Waals surface area contributed by atoms with Crippen LogP contribution in [-0.4, -0.2) is 52.5 Å². The zero-order valence-electron chi connectivity index (χ0n) is 18.1. The first-order valence-corrected chi connectivity index (χ1v) is 12.1. The Labute approximate surface area is 184 Å². The average molecular weight is 425 g/mol. The number of hydrogen-bond acceptors (Lipinski definition) is 6. The molecule has 3 aliphatic heterocycles. The third kappa shape index (κ3) is 3.88. The lowest BCUT2D eigenvalue weighted by atomic mass is 10.1. The van der Waals surface area contributed by atoms with Crippen LogP contribution in [0, 0.1) is 6.92 Å². The van der Waals surface area contributed by atoms with Crippen LogP contribution in [0.3, 0.4) is 0 Å². The number of hydrogen-bond donors (Lipinski definition) is 2. The molecule has 2 aromatic carbocycles. The molecule has 3 aliphatic rings. The van der Waals surface area contributed by atoms with E-state index in [9.17, 15) is 0 Å². The maximum atomic E-state index is 5.55. The Morgan fingerprint density at radius 2 is 1.63 bits per heavy atom. The van der Waals surface area contributed by atoms with E-state index in [4.69, 9.17) is 4.74 Å². The second-order valence-corrected chi connectivity index (χ2v) is 9.47. The Morgan fingerprint density at radius 3 is 2.43 bits per heavy atom. The van der Waals surface area contributed by atoms with E-state index in [2.05, 4.69) is 58.5 Å². The van der Waals surface area contributed by atoms with E-state index in [0.717, 1.165) is 58.9 Å². The van der Waals surface area contributed by atoms with Crippen molar-refractivity contribution < 1.29 is 4.74 Å². The molecule has 0 aliphatic carbocycles. The van der Waals surface area contributed by atoms with Crippen molar-refractivity contribution in [1.29, 1.82) is 0 Å². The zero-order valence-corrected chi connectivity index (χ0v) is 18.9. The van der Waals surface area contributed by atoms with Crippen molar-refractivity contribution in [2.24, 2.45) is 0 Å². The maximum Gasteiger partial charge on any atom is 0.0642 e. The van der Waals surface area contributed by atoms with Crippen LogP contribution in [0.15, 0.2) is 34.1 Å². The fraction of sp³-hybridized carbons (Fsp3) is 0.500. The Hall–Kier alpha value is -1.89. The molecule has 5 rings (SSSR count). The minimum absolute atomic E-state index is 0.818. The van der Waals surface area contributed by atoms with Gasteiger partial charge in [-0.2, -0.15) is 0 Å². The van der Waals surface area contributed by atoms with Crippen LogP contribution >= 0.6 is 11.8 Å². The molecule has 6 heteroatoms. The highest BCUT2D eigenvalue weighted by Crippen LogP contribution is 2.49. The van der Waals surface area contributed by atoms with Gasteiger partial charge in [-0.25, -0.2) is 0 Å². The molecule has 3 heterocycles. The summed E-state index contributed by atoms with van der Waals surface area (Å²) in [6.45, 7) is 12.5. The van der Waals surface area contributed by atoms with Crippen LogP contribution in [0.5, 0.6) is 0 Å². The van der Waals surface area contributed by atoms with Crippen molar-refractivity contribution in [3.8, 4) is 0 Å². The summed E-state index contributed by atoms with van der Waals surface area (Å²) < 4.78 is 5.55. The van der Waals surface area contributed by atoms with Gasteiger partial charge in [-0.1, -0.05) is 18.7 Å². The monoisotopic (exact) mass is 424 g/mol. The first-order valence-electron chi connectivity index (χ1n) is 11.3. The molecule has 0 aromatic heterocycles. The number of benzene rings is 2. The van der Waals surface area contributed by atoms with Gasteiger partial charge in [0.05, 0.1) is 24.6 Å². The van der Waals surface area contributed by atoms with E-state index < -0.39 is 0 Å². The van der Waals surface area contributed by atoms with Gasteiger partial charge in [-0.3, -0.25) is 0 Å². The predicted molar refractivity (Wildman–Crippen MR) is 127 cm³/mol. The van der Waals surface area contributed by atoms with E-state index in [1.54, 1.807) is 0 Å². The molecule has 0 radical (unpaired) electrons. The smallest absolute Gasteiger partial charge is 0.0642 e. The first-order chi connectivity index (χ1) is 14.7. The minimum atomic E-state index is 0.818. The Balaban J connectivity index is 1.49. The van der Waals surface area contributed by atoms with Gasteiger partial charge in [0.25, 0.3) is 0 Å². The van der Waals surface area contributed by atoms with Gasteiger partial charge in [0.1, 0.15) is 0 Å². The van der Waals surface area contributed by atoms with E-state index >= 15 is 0 Å². The first kappa shape index (κ1) is 20.0. The second-order valence-electron chi connectivity index (χ2n) is 8.38. The summed E-state index contributed by atoms with van der Waals surface area (Å²) >= 11 is 1.93.